The minimum absolute atomic E-state index is 0.0796. The van der Waals surface area contributed by atoms with E-state index in [1.165, 1.54) is 0 Å². The maximum Gasteiger partial charge on any atom is 0.230 e. The number of hydrogen-bond donors (Lipinski definition) is 2. The lowest BCUT2D eigenvalue weighted by Crippen LogP contribution is -2.65. The van der Waals surface area contributed by atoms with Gasteiger partial charge in [-0.1, -0.05) is 12.1 Å². The van der Waals surface area contributed by atoms with E-state index in [2.05, 4.69) is 0 Å². The Kier molecular flexibility index (Phi) is 2.78. The molecule has 19 heavy (non-hydrogen) atoms. The monoisotopic (exact) mass is 260 g/mol. The molecule has 4 heteroatoms. The van der Waals surface area contributed by atoms with Gasteiger partial charge in [-0.2, -0.15) is 0 Å². The van der Waals surface area contributed by atoms with Gasteiger partial charge in [0, 0.05) is 5.69 Å². The van der Waals surface area contributed by atoms with Gasteiger partial charge >= 0.3 is 0 Å². The summed E-state index contributed by atoms with van der Waals surface area (Å²) in [5.41, 5.74) is 6.75. The number of carbonyl (C=O) groups is 1. The molecule has 1 heterocycles. The summed E-state index contributed by atoms with van der Waals surface area (Å²) < 4.78 is 0. The summed E-state index contributed by atoms with van der Waals surface area (Å²) in [5.74, 6) is 0.294. The maximum atomic E-state index is 12.3. The molecule has 0 radical (unpaired) electrons. The smallest absolute Gasteiger partial charge is 0.230 e. The van der Waals surface area contributed by atoms with Gasteiger partial charge in [-0.3, -0.25) is 4.79 Å². The Morgan fingerprint density at radius 1 is 1.47 bits per heavy atom. The Morgan fingerprint density at radius 3 is 2.74 bits per heavy atom. The molecule has 1 aliphatic carbocycles. The average molecular weight is 260 g/mol. The van der Waals surface area contributed by atoms with Crippen LogP contribution in [0.15, 0.2) is 24.3 Å². The Labute approximate surface area is 113 Å². The Hall–Kier alpha value is -1.55. The molecular weight excluding hydrogens is 240 g/mol. The highest BCUT2D eigenvalue weighted by Crippen LogP contribution is 2.45. The highest BCUT2D eigenvalue weighted by atomic mass is 16.3. The second-order valence-electron chi connectivity index (χ2n) is 5.96. The molecule has 1 aliphatic heterocycles. The van der Waals surface area contributed by atoms with E-state index in [-0.39, 0.29) is 11.8 Å². The van der Waals surface area contributed by atoms with Crippen molar-refractivity contribution in [3.8, 4) is 0 Å². The molecule has 1 saturated carbocycles. The highest BCUT2D eigenvalue weighted by molar-refractivity contribution is 5.84. The third-order valence-corrected chi connectivity index (χ3v) is 4.36. The first-order valence-corrected chi connectivity index (χ1v) is 6.86. The number of carbonyl (C=O) groups excluding carboxylic acids is 1. The van der Waals surface area contributed by atoms with Crippen molar-refractivity contribution in [2.45, 2.75) is 31.3 Å². The van der Waals surface area contributed by atoms with Gasteiger partial charge in [-0.25, -0.2) is 0 Å². The summed E-state index contributed by atoms with van der Waals surface area (Å²) in [5, 5.41) is 10.3. The fourth-order valence-electron chi connectivity index (χ4n) is 2.89. The zero-order chi connectivity index (χ0) is 13.6. The van der Waals surface area contributed by atoms with Crippen molar-refractivity contribution >= 4 is 11.6 Å². The molecule has 3 rings (SSSR count). The molecule has 1 aromatic rings. The number of nitrogens with two attached hydrogens (primary N) is 1. The van der Waals surface area contributed by atoms with Crippen molar-refractivity contribution in [1.82, 2.24) is 4.90 Å². The second-order valence-corrected chi connectivity index (χ2v) is 5.96. The number of β-amino-alcohol motifs (C(OH)–C–C–N with tert-alkyl or cyclic N) is 1. The predicted octanol–water partition coefficient (Wildman–Crippen LogP) is 1.36. The van der Waals surface area contributed by atoms with Crippen LogP contribution in [-0.2, 0) is 4.79 Å². The van der Waals surface area contributed by atoms with Crippen LogP contribution in [0.4, 0.5) is 5.69 Å². The zero-order valence-corrected chi connectivity index (χ0v) is 11.2. The van der Waals surface area contributed by atoms with Crippen molar-refractivity contribution < 1.29 is 9.90 Å². The first-order chi connectivity index (χ1) is 8.99. The molecule has 1 saturated heterocycles. The Morgan fingerprint density at radius 2 is 2.16 bits per heavy atom. The molecular formula is C15H20N2O2. The second kappa shape index (κ2) is 4.23. The van der Waals surface area contributed by atoms with Crippen LogP contribution in [0, 0.1) is 5.92 Å². The van der Waals surface area contributed by atoms with E-state index in [0.29, 0.717) is 24.7 Å². The van der Waals surface area contributed by atoms with Crippen LogP contribution in [-0.4, -0.2) is 34.6 Å². The van der Waals surface area contributed by atoms with E-state index in [1.807, 2.05) is 31.2 Å². The van der Waals surface area contributed by atoms with Crippen molar-refractivity contribution in [3.05, 3.63) is 29.8 Å². The van der Waals surface area contributed by atoms with E-state index >= 15 is 0 Å². The van der Waals surface area contributed by atoms with E-state index < -0.39 is 5.60 Å². The molecule has 3 N–H and O–H groups in total. The summed E-state index contributed by atoms with van der Waals surface area (Å²) in [7, 11) is 0. The fraction of sp³-hybridized carbons (Fsp3) is 0.533. The number of amides is 1. The summed E-state index contributed by atoms with van der Waals surface area (Å²) in [6.45, 7) is 2.87. The third kappa shape index (κ3) is 2.21. The fourth-order valence-corrected chi connectivity index (χ4v) is 2.89. The van der Waals surface area contributed by atoms with Crippen LogP contribution < -0.4 is 5.73 Å². The summed E-state index contributed by atoms with van der Waals surface area (Å²) in [6, 6.07) is 7.45. The quantitative estimate of drug-likeness (QED) is 0.806. The first-order valence-electron chi connectivity index (χ1n) is 6.86. The van der Waals surface area contributed by atoms with Crippen molar-refractivity contribution in [3.63, 3.8) is 0 Å². The summed E-state index contributed by atoms with van der Waals surface area (Å²) in [6.07, 6.45) is 2.20. The van der Waals surface area contributed by atoms with Crippen LogP contribution in [0.25, 0.3) is 0 Å². The number of rotatable bonds is 3. The normalized spacial score (nSPS) is 22.7. The largest absolute Gasteiger partial charge is 0.399 e. The lowest BCUT2D eigenvalue weighted by molar-refractivity contribution is -0.160. The van der Waals surface area contributed by atoms with Gasteiger partial charge < -0.3 is 15.7 Å². The topological polar surface area (TPSA) is 66.6 Å². The van der Waals surface area contributed by atoms with Gasteiger partial charge in [0.1, 0.15) is 5.60 Å². The molecule has 4 nitrogen and oxygen atoms in total. The number of aliphatic hydroxyl groups is 1. The molecule has 102 valence electrons. The number of anilines is 1. The number of hydrogen-bond acceptors (Lipinski definition) is 3. The maximum absolute atomic E-state index is 12.3. The van der Waals surface area contributed by atoms with Crippen LogP contribution >= 0.6 is 0 Å². The minimum atomic E-state index is -0.606. The molecule has 1 amide bonds. The van der Waals surface area contributed by atoms with Crippen LogP contribution in [0.1, 0.15) is 31.2 Å². The van der Waals surface area contributed by atoms with Crippen LogP contribution in [0.2, 0.25) is 0 Å². The SMILES string of the molecule is CC(C(=O)N1CC(O)(C2CC2)C1)c1cccc(N)c1. The average Bonchev–Trinajstić information content (AvgIpc) is 3.17. The highest BCUT2D eigenvalue weighted by Gasteiger charge is 2.53. The van der Waals surface area contributed by atoms with E-state index in [0.717, 1.165) is 18.4 Å². The van der Waals surface area contributed by atoms with Gasteiger partial charge in [-0.15, -0.1) is 0 Å². The van der Waals surface area contributed by atoms with E-state index in [4.69, 9.17) is 5.73 Å². The lowest BCUT2D eigenvalue weighted by atomic mass is 9.87. The first kappa shape index (κ1) is 12.5. The summed E-state index contributed by atoms with van der Waals surface area (Å²) >= 11 is 0. The molecule has 0 bridgehead atoms. The number of nitrogens with zero attached hydrogens (tertiary/aromatic N) is 1. The zero-order valence-electron chi connectivity index (χ0n) is 11.2. The Balaban J connectivity index is 1.65. The molecule has 2 fully saturated rings. The minimum Gasteiger partial charge on any atom is -0.399 e. The van der Waals surface area contributed by atoms with Crippen LogP contribution in [0.3, 0.4) is 0 Å². The van der Waals surface area contributed by atoms with Gasteiger partial charge in [-0.05, 0) is 43.4 Å². The lowest BCUT2D eigenvalue weighted by Gasteiger charge is -2.47. The molecule has 0 aromatic heterocycles. The standard InChI is InChI=1S/C15H20N2O2/c1-10(11-3-2-4-13(16)7-11)14(18)17-8-15(19,9-17)12-5-6-12/h2-4,7,10,12,19H,5-6,8-9,16H2,1H3. The van der Waals surface area contributed by atoms with Gasteiger partial charge in [0.15, 0.2) is 0 Å². The molecule has 0 spiro atoms. The number of likely N-dealkylation sites (tertiary alicyclic amines) is 1. The van der Waals surface area contributed by atoms with Gasteiger partial charge in [0.2, 0.25) is 5.91 Å². The van der Waals surface area contributed by atoms with Crippen molar-refractivity contribution in [1.29, 1.82) is 0 Å². The van der Waals surface area contributed by atoms with E-state index in [9.17, 15) is 9.90 Å². The Bertz CT molecular complexity index is 505. The van der Waals surface area contributed by atoms with Gasteiger partial charge in [0.25, 0.3) is 0 Å². The predicted molar refractivity (Wildman–Crippen MR) is 73.5 cm³/mol. The third-order valence-electron chi connectivity index (χ3n) is 4.36. The number of benzene rings is 1. The van der Waals surface area contributed by atoms with Gasteiger partial charge in [0.05, 0.1) is 19.0 Å². The summed E-state index contributed by atoms with van der Waals surface area (Å²) in [4.78, 5) is 14.1. The van der Waals surface area contributed by atoms with E-state index in [1.54, 1.807) is 4.90 Å². The molecule has 2 aliphatic rings. The van der Waals surface area contributed by atoms with Crippen molar-refractivity contribution in [2.24, 2.45) is 5.92 Å². The number of nitrogen functional groups attached to an aromatic ring is 1. The molecule has 1 aromatic carbocycles. The molecule has 1 atom stereocenters. The molecule has 1 unspecified atom stereocenters. The van der Waals surface area contributed by atoms with Crippen LogP contribution in [0.5, 0.6) is 0 Å². The van der Waals surface area contributed by atoms with Crippen molar-refractivity contribution in [2.75, 3.05) is 18.8 Å².